The van der Waals surface area contributed by atoms with Gasteiger partial charge in [0, 0.05) is 19.5 Å². The van der Waals surface area contributed by atoms with Gasteiger partial charge >= 0.3 is 0 Å². The Morgan fingerprint density at radius 2 is 1.14 bits per heavy atom. The summed E-state index contributed by atoms with van der Waals surface area (Å²) in [6.45, 7) is 7.48. The van der Waals surface area contributed by atoms with Gasteiger partial charge in [0.2, 0.25) is 53.2 Å². The Kier molecular flexibility index (Phi) is 29.3. The minimum atomic E-state index is -1.60. The second kappa shape index (κ2) is 33.8. The lowest BCUT2D eigenvalue weighted by atomic mass is 10.00. The van der Waals surface area contributed by atoms with E-state index in [4.69, 9.17) is 17.2 Å². The molecule has 23 nitrogen and oxygen atoms in total. The summed E-state index contributed by atoms with van der Waals surface area (Å²) in [4.78, 5) is 125. The molecule has 0 aromatic heterocycles. The van der Waals surface area contributed by atoms with Gasteiger partial charge in [0.15, 0.2) is 0 Å². The van der Waals surface area contributed by atoms with E-state index in [0.717, 1.165) is 25.7 Å². The summed E-state index contributed by atoms with van der Waals surface area (Å²) in [5.41, 5.74) is 18.3. The Bertz CT molecular complexity index is 1890. The SMILES string of the molecule is CCCCCCC[C@@H](O)CC(=O)N[C@H](CN)C(=O)N[C@H]1CCNC(=O)[C@H](CC(C)C)NC(=O)[C@H](CCN)NC(=O)[C@H](CO)NC(=O)[C@H](CC(C)C)NC(=O)[C@@H](Cc2ccccc2)NC(=O)[C@H](CCN)NC1=O. The van der Waals surface area contributed by atoms with Crippen LogP contribution in [0.1, 0.15) is 117 Å². The monoisotopic (exact) mass is 1020 g/mol. The van der Waals surface area contributed by atoms with Gasteiger partial charge in [-0.25, -0.2) is 0 Å². The van der Waals surface area contributed by atoms with Crippen LogP contribution in [0.25, 0.3) is 0 Å². The van der Waals surface area contributed by atoms with Crippen molar-refractivity contribution in [3.05, 3.63) is 35.9 Å². The molecule has 0 spiro atoms. The highest BCUT2D eigenvalue weighted by Crippen LogP contribution is 2.12. The molecular formula is C49H84N12O11. The van der Waals surface area contributed by atoms with E-state index in [9.17, 15) is 53.4 Å². The van der Waals surface area contributed by atoms with E-state index in [0.29, 0.717) is 18.4 Å². The zero-order chi connectivity index (χ0) is 53.8. The van der Waals surface area contributed by atoms with Gasteiger partial charge in [-0.3, -0.25) is 43.2 Å². The number of hydrogen-bond donors (Lipinski definition) is 14. The number of aliphatic hydroxyl groups is 2. The first-order chi connectivity index (χ1) is 34.3. The lowest BCUT2D eigenvalue weighted by Gasteiger charge is -2.28. The van der Waals surface area contributed by atoms with Crippen molar-refractivity contribution in [1.29, 1.82) is 0 Å². The lowest BCUT2D eigenvalue weighted by molar-refractivity contribution is -0.136. The molecule has 72 heavy (non-hydrogen) atoms. The lowest BCUT2D eigenvalue weighted by Crippen LogP contribution is -2.61. The molecule has 2 rings (SSSR count). The third-order valence-corrected chi connectivity index (χ3v) is 11.9. The number of unbranched alkanes of at least 4 members (excludes halogenated alkanes) is 4. The molecule has 1 aromatic carbocycles. The first-order valence-corrected chi connectivity index (χ1v) is 25.4. The summed E-state index contributed by atoms with van der Waals surface area (Å²) >= 11 is 0. The molecule has 0 unspecified atom stereocenters. The molecule has 0 saturated carbocycles. The van der Waals surface area contributed by atoms with Gasteiger partial charge < -0.3 is 75.3 Å². The zero-order valence-electron chi connectivity index (χ0n) is 42.8. The van der Waals surface area contributed by atoms with Crippen molar-refractivity contribution >= 4 is 53.2 Å². The molecule has 9 amide bonds. The summed E-state index contributed by atoms with van der Waals surface area (Å²) in [5.74, 6) is -7.74. The number of aliphatic hydroxyl groups excluding tert-OH is 2. The topological polar surface area (TPSA) is 380 Å². The van der Waals surface area contributed by atoms with Crippen molar-refractivity contribution in [2.24, 2.45) is 29.0 Å². The highest BCUT2D eigenvalue weighted by atomic mass is 16.3. The maximum atomic E-state index is 14.3. The van der Waals surface area contributed by atoms with Crippen LogP contribution in [0.5, 0.6) is 0 Å². The molecule has 406 valence electrons. The Balaban J connectivity index is 2.64. The molecule has 1 fully saturated rings. The van der Waals surface area contributed by atoms with Crippen LogP contribution in [-0.4, -0.2) is 151 Å². The molecule has 1 aromatic rings. The summed E-state index contributed by atoms with van der Waals surface area (Å²) in [5, 5.41) is 44.2. The number of carbonyl (C=O) groups is 9. The van der Waals surface area contributed by atoms with Gasteiger partial charge in [0.1, 0.15) is 48.3 Å². The van der Waals surface area contributed by atoms with Gasteiger partial charge in [-0.05, 0) is 69.0 Å². The molecule has 0 aliphatic carbocycles. The van der Waals surface area contributed by atoms with E-state index in [1.165, 1.54) is 0 Å². The van der Waals surface area contributed by atoms with E-state index in [2.05, 4.69) is 54.8 Å². The third kappa shape index (κ3) is 23.2. The molecule has 23 heteroatoms. The van der Waals surface area contributed by atoms with Crippen LogP contribution >= 0.6 is 0 Å². The normalized spacial score (nSPS) is 23.3. The highest BCUT2D eigenvalue weighted by Gasteiger charge is 2.35. The van der Waals surface area contributed by atoms with Gasteiger partial charge in [-0.2, -0.15) is 0 Å². The highest BCUT2D eigenvalue weighted by molar-refractivity contribution is 5.98. The number of hydrogen-bond acceptors (Lipinski definition) is 14. The number of carbonyl (C=O) groups excluding carboxylic acids is 9. The Morgan fingerprint density at radius 1 is 0.653 bits per heavy atom. The molecule has 1 heterocycles. The fraction of sp³-hybridized carbons (Fsp3) is 0.694. The van der Waals surface area contributed by atoms with Crippen molar-refractivity contribution in [2.45, 2.75) is 173 Å². The van der Waals surface area contributed by atoms with Crippen molar-refractivity contribution in [2.75, 3.05) is 32.8 Å². The van der Waals surface area contributed by atoms with Crippen molar-refractivity contribution in [3.63, 3.8) is 0 Å². The fourth-order valence-electron chi connectivity index (χ4n) is 7.95. The van der Waals surface area contributed by atoms with E-state index < -0.39 is 121 Å². The average molecular weight is 1020 g/mol. The fourth-order valence-corrected chi connectivity index (χ4v) is 7.95. The van der Waals surface area contributed by atoms with E-state index in [1.807, 2.05) is 13.8 Å². The van der Waals surface area contributed by atoms with Gasteiger partial charge in [-0.15, -0.1) is 0 Å². The van der Waals surface area contributed by atoms with Crippen LogP contribution in [0.4, 0.5) is 0 Å². The van der Waals surface area contributed by atoms with Crippen LogP contribution in [0, 0.1) is 11.8 Å². The summed E-state index contributed by atoms with van der Waals surface area (Å²) in [6, 6.07) is -2.38. The van der Waals surface area contributed by atoms with E-state index in [-0.39, 0.29) is 76.4 Å². The van der Waals surface area contributed by atoms with Crippen LogP contribution in [0.3, 0.4) is 0 Å². The largest absolute Gasteiger partial charge is 0.394 e. The van der Waals surface area contributed by atoms with Crippen molar-refractivity contribution in [1.82, 2.24) is 47.9 Å². The first kappa shape index (κ1) is 62.4. The minimum absolute atomic E-state index is 0.0512. The second-order valence-electron chi connectivity index (χ2n) is 19.2. The number of nitrogens with one attached hydrogen (secondary N) is 9. The first-order valence-electron chi connectivity index (χ1n) is 25.4. The summed E-state index contributed by atoms with van der Waals surface area (Å²) < 4.78 is 0. The number of nitrogens with two attached hydrogens (primary N) is 3. The van der Waals surface area contributed by atoms with Crippen LogP contribution in [0.15, 0.2) is 30.3 Å². The molecule has 0 bridgehead atoms. The van der Waals surface area contributed by atoms with E-state index >= 15 is 0 Å². The quantitative estimate of drug-likeness (QED) is 0.0504. The number of amides is 9. The maximum absolute atomic E-state index is 14.3. The average Bonchev–Trinajstić information content (AvgIpc) is 3.32. The van der Waals surface area contributed by atoms with E-state index in [1.54, 1.807) is 44.2 Å². The third-order valence-electron chi connectivity index (χ3n) is 11.9. The van der Waals surface area contributed by atoms with Gasteiger partial charge in [0.25, 0.3) is 0 Å². The molecule has 17 N–H and O–H groups in total. The van der Waals surface area contributed by atoms with Crippen LogP contribution in [0.2, 0.25) is 0 Å². The minimum Gasteiger partial charge on any atom is -0.394 e. The predicted molar refractivity (Wildman–Crippen MR) is 270 cm³/mol. The van der Waals surface area contributed by atoms with Crippen LogP contribution in [-0.2, 0) is 49.6 Å². The standard InChI is InChI=1S/C49H84N12O11/c1-6-7-8-9-13-16-32(63)26-41(64)54-39(27-52)48(71)57-35-19-22-53-42(65)36(23-29(2)3)58-43(66)34(18-21-51)56-49(72)40(28-62)61-46(69)37(24-30(4)5)59-47(70)38(25-31-14-11-10-12-15-31)60-44(67)33(17-20-50)55-45(35)68/h10-12,14-15,29-30,32-40,62-63H,6-9,13,16-28,50-52H2,1-5H3,(H,53,65)(H,54,64)(H,55,68)(H,56,72)(H,57,71)(H,58,66)(H,59,70)(H,60,67)(H,61,69)/t32-,33+,34+,35+,36+,37+,38-,39-,40+/m1/s1. The summed E-state index contributed by atoms with van der Waals surface area (Å²) in [6.07, 6.45) is 3.39. The maximum Gasteiger partial charge on any atom is 0.245 e. The summed E-state index contributed by atoms with van der Waals surface area (Å²) in [7, 11) is 0. The zero-order valence-corrected chi connectivity index (χ0v) is 42.8. The molecule has 1 aliphatic rings. The molecule has 1 saturated heterocycles. The smallest absolute Gasteiger partial charge is 0.245 e. The van der Waals surface area contributed by atoms with Gasteiger partial charge in [-0.1, -0.05) is 97.1 Å². The molecule has 1 aliphatic heterocycles. The molecule has 9 atom stereocenters. The second-order valence-corrected chi connectivity index (χ2v) is 19.2. The number of rotatable bonds is 23. The number of benzene rings is 1. The van der Waals surface area contributed by atoms with Crippen molar-refractivity contribution in [3.8, 4) is 0 Å². The Labute approximate surface area is 423 Å². The Hall–Kier alpha value is -5.75. The van der Waals surface area contributed by atoms with Crippen molar-refractivity contribution < 1.29 is 53.4 Å². The van der Waals surface area contributed by atoms with Gasteiger partial charge in [0.05, 0.1) is 19.1 Å². The predicted octanol–water partition coefficient (Wildman–Crippen LogP) is -2.52. The Morgan fingerprint density at radius 3 is 1.68 bits per heavy atom. The molecule has 0 radical (unpaired) electrons. The molecular weight excluding hydrogens is 933 g/mol. The van der Waals surface area contributed by atoms with Crippen LogP contribution < -0.4 is 65.1 Å².